The molecule has 2 rings (SSSR count). The van der Waals surface area contributed by atoms with Crippen LogP contribution < -0.4 is 11.0 Å². The number of carbonyl (C=O) groups excluding carboxylic acids is 1. The summed E-state index contributed by atoms with van der Waals surface area (Å²) in [5.74, 6) is -0.236. The van der Waals surface area contributed by atoms with Gasteiger partial charge in [0.2, 0.25) is 5.91 Å². The predicted molar refractivity (Wildman–Crippen MR) is 82.5 cm³/mol. The summed E-state index contributed by atoms with van der Waals surface area (Å²) in [7, 11) is 0. The molecule has 0 radical (unpaired) electrons. The quantitative estimate of drug-likeness (QED) is 0.941. The molecule has 1 N–H and O–H groups in total. The van der Waals surface area contributed by atoms with Crippen molar-refractivity contribution in [2.45, 2.75) is 33.7 Å². The van der Waals surface area contributed by atoms with Crippen molar-refractivity contribution in [3.8, 4) is 0 Å². The highest BCUT2D eigenvalue weighted by Gasteiger charge is 2.19. The number of para-hydroxylation sites is 1. The number of nitrogens with one attached hydrogen (secondary N) is 1. The number of anilines is 1. The van der Waals surface area contributed by atoms with Crippen LogP contribution in [0.4, 0.5) is 5.69 Å². The van der Waals surface area contributed by atoms with E-state index in [0.717, 1.165) is 16.9 Å². The molecule has 0 aliphatic heterocycles. The molecule has 1 aromatic heterocycles. The number of hydrogen-bond donors (Lipinski definition) is 1. The number of carbonyl (C=O) groups is 1. The van der Waals surface area contributed by atoms with Crippen molar-refractivity contribution in [2.75, 3.05) is 5.32 Å². The summed E-state index contributed by atoms with van der Waals surface area (Å²) >= 11 is 0. The molecule has 1 aromatic carbocycles. The molecule has 0 aliphatic rings. The Balaban J connectivity index is 2.29. The molecule has 110 valence electrons. The third-order valence-electron chi connectivity index (χ3n) is 3.45. The van der Waals surface area contributed by atoms with E-state index in [1.807, 2.05) is 31.2 Å². The molecular formula is C16H19N3O2. The second kappa shape index (κ2) is 5.91. The number of nitrogens with zero attached hydrogens (tertiary/aromatic N) is 2. The topological polar surface area (TPSA) is 64.0 Å². The van der Waals surface area contributed by atoms with Gasteiger partial charge in [0.1, 0.15) is 6.04 Å². The fourth-order valence-corrected chi connectivity index (χ4v) is 2.30. The minimum Gasteiger partial charge on any atom is -0.324 e. The molecule has 0 spiro atoms. The molecule has 5 nitrogen and oxygen atoms in total. The van der Waals surface area contributed by atoms with E-state index in [4.69, 9.17) is 0 Å². The van der Waals surface area contributed by atoms with Crippen LogP contribution in [0.25, 0.3) is 0 Å². The highest BCUT2D eigenvalue weighted by Crippen LogP contribution is 2.16. The lowest BCUT2D eigenvalue weighted by Crippen LogP contribution is -2.34. The minimum atomic E-state index is -0.620. The molecule has 1 atom stereocenters. The van der Waals surface area contributed by atoms with Gasteiger partial charge >= 0.3 is 5.69 Å². The Hall–Kier alpha value is -2.43. The molecule has 0 fully saturated rings. The van der Waals surface area contributed by atoms with Gasteiger partial charge in [-0.05, 0) is 45.4 Å². The molecule has 1 heterocycles. The number of rotatable bonds is 3. The van der Waals surface area contributed by atoms with E-state index in [2.05, 4.69) is 10.3 Å². The normalized spacial score (nSPS) is 12.0. The largest absolute Gasteiger partial charge is 0.348 e. The van der Waals surface area contributed by atoms with E-state index in [0.29, 0.717) is 5.69 Å². The zero-order valence-corrected chi connectivity index (χ0v) is 12.7. The minimum absolute atomic E-state index is 0.236. The van der Waals surface area contributed by atoms with Gasteiger partial charge in [-0.2, -0.15) is 4.98 Å². The Kier molecular flexibility index (Phi) is 4.21. The van der Waals surface area contributed by atoms with Crippen molar-refractivity contribution in [3.05, 3.63) is 57.8 Å². The lowest BCUT2D eigenvalue weighted by molar-refractivity contribution is -0.118. The second-order valence-corrected chi connectivity index (χ2v) is 5.17. The van der Waals surface area contributed by atoms with Crippen LogP contribution in [-0.4, -0.2) is 15.5 Å². The number of aryl methyl sites for hydroxylation is 3. The molecule has 0 saturated heterocycles. The molecule has 0 aliphatic carbocycles. The molecule has 2 aromatic rings. The first-order valence-electron chi connectivity index (χ1n) is 6.83. The first-order valence-corrected chi connectivity index (χ1v) is 6.83. The molecule has 0 bridgehead atoms. The van der Waals surface area contributed by atoms with E-state index >= 15 is 0 Å². The molecule has 0 unspecified atom stereocenters. The maximum atomic E-state index is 12.4. The third kappa shape index (κ3) is 3.18. The van der Waals surface area contributed by atoms with Gasteiger partial charge < -0.3 is 5.32 Å². The zero-order chi connectivity index (χ0) is 15.6. The highest BCUT2D eigenvalue weighted by molar-refractivity contribution is 5.94. The Labute approximate surface area is 123 Å². The first-order chi connectivity index (χ1) is 9.90. The number of benzene rings is 1. The SMILES string of the molecule is Cc1cc(C)n([C@H](C)C(=O)Nc2ccccc2C)c(=O)n1. The van der Waals surface area contributed by atoms with E-state index in [9.17, 15) is 9.59 Å². The van der Waals surface area contributed by atoms with E-state index in [1.54, 1.807) is 26.8 Å². The van der Waals surface area contributed by atoms with Crippen LogP contribution in [0.15, 0.2) is 35.1 Å². The molecule has 21 heavy (non-hydrogen) atoms. The van der Waals surface area contributed by atoms with Gasteiger partial charge in [-0.25, -0.2) is 4.79 Å². The summed E-state index contributed by atoms with van der Waals surface area (Å²) in [6.45, 7) is 7.18. The predicted octanol–water partition coefficient (Wildman–Crippen LogP) is 2.37. The Morgan fingerprint density at radius 3 is 2.52 bits per heavy atom. The van der Waals surface area contributed by atoms with Gasteiger partial charge in [0.05, 0.1) is 0 Å². The van der Waals surface area contributed by atoms with Crippen LogP contribution in [0.5, 0.6) is 0 Å². The maximum Gasteiger partial charge on any atom is 0.348 e. The number of aromatic nitrogens is 2. The molecule has 1 amide bonds. The Bertz CT molecular complexity index is 735. The lowest BCUT2D eigenvalue weighted by atomic mass is 10.2. The highest BCUT2D eigenvalue weighted by atomic mass is 16.2. The van der Waals surface area contributed by atoms with Gasteiger partial charge in [0.15, 0.2) is 0 Å². The van der Waals surface area contributed by atoms with Crippen LogP contribution in [0.3, 0.4) is 0 Å². The first kappa shape index (κ1) is 15.0. The van der Waals surface area contributed by atoms with Crippen LogP contribution in [0, 0.1) is 20.8 Å². The summed E-state index contributed by atoms with van der Waals surface area (Å²) < 4.78 is 1.40. The van der Waals surface area contributed by atoms with Gasteiger partial charge in [-0.1, -0.05) is 18.2 Å². The molecule has 5 heteroatoms. The lowest BCUT2D eigenvalue weighted by Gasteiger charge is -2.18. The second-order valence-electron chi connectivity index (χ2n) is 5.17. The van der Waals surface area contributed by atoms with Crippen molar-refractivity contribution >= 4 is 11.6 Å². The summed E-state index contributed by atoms with van der Waals surface area (Å²) in [5, 5.41) is 2.85. The summed E-state index contributed by atoms with van der Waals surface area (Å²) in [6.07, 6.45) is 0. The van der Waals surface area contributed by atoms with E-state index in [-0.39, 0.29) is 5.91 Å². The molecular weight excluding hydrogens is 266 g/mol. The van der Waals surface area contributed by atoms with Crippen molar-refractivity contribution in [2.24, 2.45) is 0 Å². The van der Waals surface area contributed by atoms with Gasteiger partial charge in [0.25, 0.3) is 0 Å². The monoisotopic (exact) mass is 285 g/mol. The third-order valence-corrected chi connectivity index (χ3v) is 3.45. The van der Waals surface area contributed by atoms with Crippen molar-refractivity contribution in [1.82, 2.24) is 9.55 Å². The van der Waals surface area contributed by atoms with Crippen LogP contribution in [0.1, 0.15) is 29.9 Å². The fourth-order valence-electron chi connectivity index (χ4n) is 2.30. The van der Waals surface area contributed by atoms with Gasteiger partial charge in [-0.3, -0.25) is 9.36 Å². The fraction of sp³-hybridized carbons (Fsp3) is 0.312. The van der Waals surface area contributed by atoms with E-state index in [1.165, 1.54) is 4.57 Å². The number of hydrogen-bond acceptors (Lipinski definition) is 3. The summed E-state index contributed by atoms with van der Waals surface area (Å²) in [5.41, 5.74) is 2.70. The van der Waals surface area contributed by atoms with Crippen LogP contribution >= 0.6 is 0 Å². The standard InChI is InChI=1S/C16H19N3O2/c1-10-7-5-6-8-14(10)18-15(20)13(4)19-12(3)9-11(2)17-16(19)21/h5-9,13H,1-4H3,(H,18,20)/t13-/m1/s1. The van der Waals surface area contributed by atoms with Crippen LogP contribution in [-0.2, 0) is 4.79 Å². The van der Waals surface area contributed by atoms with Gasteiger partial charge in [-0.15, -0.1) is 0 Å². The smallest absolute Gasteiger partial charge is 0.324 e. The molecule has 0 saturated carbocycles. The Morgan fingerprint density at radius 2 is 1.90 bits per heavy atom. The average Bonchev–Trinajstić information content (AvgIpc) is 2.40. The van der Waals surface area contributed by atoms with Crippen LogP contribution in [0.2, 0.25) is 0 Å². The van der Waals surface area contributed by atoms with Crippen molar-refractivity contribution < 1.29 is 4.79 Å². The zero-order valence-electron chi connectivity index (χ0n) is 12.7. The Morgan fingerprint density at radius 1 is 1.24 bits per heavy atom. The summed E-state index contributed by atoms with van der Waals surface area (Å²) in [6, 6.07) is 8.70. The van der Waals surface area contributed by atoms with Crippen molar-refractivity contribution in [3.63, 3.8) is 0 Å². The van der Waals surface area contributed by atoms with E-state index < -0.39 is 11.7 Å². The van der Waals surface area contributed by atoms with Crippen molar-refractivity contribution in [1.29, 1.82) is 0 Å². The van der Waals surface area contributed by atoms with Gasteiger partial charge in [0, 0.05) is 17.1 Å². The summed E-state index contributed by atoms with van der Waals surface area (Å²) in [4.78, 5) is 28.2. The average molecular weight is 285 g/mol. The number of amides is 1. The maximum absolute atomic E-state index is 12.4.